The van der Waals surface area contributed by atoms with Crippen LogP contribution in [0.25, 0.3) is 0 Å². The third kappa shape index (κ3) is 5.80. The molecule has 20 heavy (non-hydrogen) atoms. The number of hydrogen-bond acceptors (Lipinski definition) is 4. The Balaban J connectivity index is 2.22. The highest BCUT2D eigenvalue weighted by molar-refractivity contribution is 5.79. The molecule has 1 fully saturated rings. The van der Waals surface area contributed by atoms with Crippen molar-refractivity contribution in [2.75, 3.05) is 26.2 Å². The van der Waals surface area contributed by atoms with Gasteiger partial charge in [-0.2, -0.15) is 0 Å². The van der Waals surface area contributed by atoms with Crippen molar-refractivity contribution in [1.82, 2.24) is 4.90 Å². The molecule has 0 aromatic carbocycles. The second kappa shape index (κ2) is 7.99. The fourth-order valence-corrected chi connectivity index (χ4v) is 3.20. The van der Waals surface area contributed by atoms with E-state index in [0.29, 0.717) is 13.0 Å². The fourth-order valence-electron chi connectivity index (χ4n) is 3.20. The lowest BCUT2D eigenvalue weighted by atomic mass is 9.91. The smallest absolute Gasteiger partial charge is 0.325 e. The van der Waals surface area contributed by atoms with Crippen molar-refractivity contribution in [1.29, 1.82) is 0 Å². The van der Waals surface area contributed by atoms with Crippen LogP contribution < -0.4 is 5.73 Å². The van der Waals surface area contributed by atoms with Crippen LogP contribution in [0.5, 0.6) is 0 Å². The number of unbranched alkanes of at least 4 members (excludes halogenated alkanes) is 1. The monoisotopic (exact) mass is 284 g/mol. The molecule has 0 radical (unpaired) electrons. The van der Waals surface area contributed by atoms with E-state index in [9.17, 15) is 4.79 Å². The molecule has 0 saturated carbocycles. The normalized spacial score (nSPS) is 27.1. The molecule has 3 atom stereocenters. The van der Waals surface area contributed by atoms with Gasteiger partial charge in [-0.25, -0.2) is 0 Å². The lowest BCUT2D eigenvalue weighted by Gasteiger charge is -2.35. The van der Waals surface area contributed by atoms with Gasteiger partial charge in [0.2, 0.25) is 0 Å². The molecule has 4 heteroatoms. The van der Waals surface area contributed by atoms with Gasteiger partial charge in [0.1, 0.15) is 5.54 Å². The van der Waals surface area contributed by atoms with E-state index < -0.39 is 5.54 Å². The predicted molar refractivity (Wildman–Crippen MR) is 82.5 cm³/mol. The first kappa shape index (κ1) is 17.4. The van der Waals surface area contributed by atoms with Crippen LogP contribution in [0.4, 0.5) is 0 Å². The van der Waals surface area contributed by atoms with Crippen LogP contribution in [0.2, 0.25) is 0 Å². The van der Waals surface area contributed by atoms with Crippen molar-refractivity contribution in [3.8, 4) is 0 Å². The average Bonchev–Trinajstić information content (AvgIpc) is 2.34. The van der Waals surface area contributed by atoms with Gasteiger partial charge in [-0.15, -0.1) is 0 Å². The maximum Gasteiger partial charge on any atom is 0.325 e. The Morgan fingerprint density at radius 3 is 2.45 bits per heavy atom. The van der Waals surface area contributed by atoms with Gasteiger partial charge in [-0.1, -0.05) is 13.8 Å². The summed E-state index contributed by atoms with van der Waals surface area (Å²) in [6, 6.07) is 0. The second-order valence-corrected chi connectivity index (χ2v) is 6.80. The zero-order valence-electron chi connectivity index (χ0n) is 13.7. The number of hydrogen-bond donors (Lipinski definition) is 1. The van der Waals surface area contributed by atoms with Crippen LogP contribution in [0, 0.1) is 11.8 Å². The third-order valence-electron chi connectivity index (χ3n) is 4.11. The Labute approximate surface area is 124 Å². The molecule has 1 rings (SSSR count). The highest BCUT2D eigenvalue weighted by atomic mass is 16.5. The van der Waals surface area contributed by atoms with E-state index in [2.05, 4.69) is 18.7 Å². The van der Waals surface area contributed by atoms with Crippen LogP contribution in [0.1, 0.15) is 53.4 Å². The minimum atomic E-state index is -0.835. The number of ether oxygens (including phenoxy) is 1. The van der Waals surface area contributed by atoms with Crippen LogP contribution in [0.15, 0.2) is 0 Å². The first-order chi connectivity index (χ1) is 9.35. The molecule has 0 aromatic heterocycles. The maximum absolute atomic E-state index is 11.7. The highest BCUT2D eigenvalue weighted by Gasteiger charge is 2.29. The van der Waals surface area contributed by atoms with Crippen molar-refractivity contribution in [3.05, 3.63) is 0 Å². The average molecular weight is 284 g/mol. The Morgan fingerprint density at radius 2 is 1.90 bits per heavy atom. The number of likely N-dealkylation sites (tertiary alicyclic amines) is 1. The van der Waals surface area contributed by atoms with E-state index in [1.807, 2.05) is 6.92 Å². The van der Waals surface area contributed by atoms with Gasteiger partial charge in [0.15, 0.2) is 0 Å². The molecule has 3 unspecified atom stereocenters. The van der Waals surface area contributed by atoms with Crippen molar-refractivity contribution < 1.29 is 9.53 Å². The summed E-state index contributed by atoms with van der Waals surface area (Å²) in [6.45, 7) is 12.2. The standard InChI is InChI=1S/C16H32N2O2/c1-5-20-15(19)16(4,17)8-6-7-9-18-11-13(2)10-14(3)12-18/h13-14H,5-12,17H2,1-4H3. The summed E-state index contributed by atoms with van der Waals surface area (Å²) in [7, 11) is 0. The molecular weight excluding hydrogens is 252 g/mol. The Hall–Kier alpha value is -0.610. The number of carbonyl (C=O) groups is 1. The summed E-state index contributed by atoms with van der Waals surface area (Å²) in [5, 5.41) is 0. The SMILES string of the molecule is CCOC(=O)C(C)(N)CCCCN1CC(C)CC(C)C1. The van der Waals surface area contributed by atoms with Gasteiger partial charge in [-0.05, 0) is 57.9 Å². The van der Waals surface area contributed by atoms with Gasteiger partial charge in [0.05, 0.1) is 6.61 Å². The number of esters is 1. The molecule has 1 saturated heterocycles. The van der Waals surface area contributed by atoms with Gasteiger partial charge >= 0.3 is 5.97 Å². The van der Waals surface area contributed by atoms with Crippen molar-refractivity contribution in [3.63, 3.8) is 0 Å². The first-order valence-electron chi connectivity index (χ1n) is 8.03. The molecule has 1 aliphatic rings. The lowest BCUT2D eigenvalue weighted by Crippen LogP contribution is -2.46. The van der Waals surface area contributed by atoms with E-state index in [0.717, 1.165) is 31.2 Å². The Bertz CT molecular complexity index is 295. The molecule has 1 aliphatic heterocycles. The van der Waals surface area contributed by atoms with Gasteiger partial charge in [0, 0.05) is 13.1 Å². The molecule has 0 aromatic rings. The summed E-state index contributed by atoms with van der Waals surface area (Å²) in [5.41, 5.74) is 5.19. The van der Waals surface area contributed by atoms with Crippen molar-refractivity contribution >= 4 is 5.97 Å². The minimum Gasteiger partial charge on any atom is -0.465 e. The van der Waals surface area contributed by atoms with Gasteiger partial charge in [0.25, 0.3) is 0 Å². The maximum atomic E-state index is 11.7. The number of piperidine rings is 1. The predicted octanol–water partition coefficient (Wildman–Crippen LogP) is 2.42. The van der Waals surface area contributed by atoms with Crippen LogP contribution >= 0.6 is 0 Å². The van der Waals surface area contributed by atoms with Crippen LogP contribution in [-0.2, 0) is 9.53 Å². The zero-order valence-corrected chi connectivity index (χ0v) is 13.7. The van der Waals surface area contributed by atoms with Crippen molar-refractivity contribution in [2.45, 2.75) is 58.9 Å². The van der Waals surface area contributed by atoms with E-state index in [-0.39, 0.29) is 5.97 Å². The van der Waals surface area contributed by atoms with Gasteiger partial charge < -0.3 is 15.4 Å². The van der Waals surface area contributed by atoms with Crippen LogP contribution in [-0.4, -0.2) is 42.6 Å². The number of nitrogens with zero attached hydrogens (tertiary/aromatic N) is 1. The largest absolute Gasteiger partial charge is 0.465 e. The number of carbonyl (C=O) groups excluding carboxylic acids is 1. The third-order valence-corrected chi connectivity index (χ3v) is 4.11. The van der Waals surface area contributed by atoms with Crippen LogP contribution in [0.3, 0.4) is 0 Å². The molecule has 0 bridgehead atoms. The highest BCUT2D eigenvalue weighted by Crippen LogP contribution is 2.21. The molecule has 118 valence electrons. The molecule has 2 N–H and O–H groups in total. The topological polar surface area (TPSA) is 55.6 Å². The van der Waals surface area contributed by atoms with E-state index >= 15 is 0 Å². The van der Waals surface area contributed by atoms with E-state index in [4.69, 9.17) is 10.5 Å². The second-order valence-electron chi connectivity index (χ2n) is 6.80. The minimum absolute atomic E-state index is 0.278. The molecular formula is C16H32N2O2. The summed E-state index contributed by atoms with van der Waals surface area (Å²) in [6.07, 6.45) is 4.13. The first-order valence-corrected chi connectivity index (χ1v) is 8.03. The van der Waals surface area contributed by atoms with E-state index in [1.54, 1.807) is 6.92 Å². The number of nitrogens with two attached hydrogens (primary N) is 1. The quantitative estimate of drug-likeness (QED) is 0.576. The molecule has 1 heterocycles. The summed E-state index contributed by atoms with van der Waals surface area (Å²) < 4.78 is 5.01. The Kier molecular flexibility index (Phi) is 6.96. The molecule has 0 aliphatic carbocycles. The number of rotatable bonds is 7. The molecule has 0 amide bonds. The molecule has 4 nitrogen and oxygen atoms in total. The summed E-state index contributed by atoms with van der Waals surface area (Å²) in [4.78, 5) is 14.2. The fraction of sp³-hybridized carbons (Fsp3) is 0.938. The Morgan fingerprint density at radius 1 is 1.30 bits per heavy atom. The zero-order chi connectivity index (χ0) is 15.2. The van der Waals surface area contributed by atoms with Crippen molar-refractivity contribution in [2.24, 2.45) is 17.6 Å². The lowest BCUT2D eigenvalue weighted by molar-refractivity contribution is -0.149. The summed E-state index contributed by atoms with van der Waals surface area (Å²) in [5.74, 6) is 1.33. The summed E-state index contributed by atoms with van der Waals surface area (Å²) >= 11 is 0. The molecule has 0 spiro atoms. The van der Waals surface area contributed by atoms with Gasteiger partial charge in [-0.3, -0.25) is 4.79 Å². The van der Waals surface area contributed by atoms with E-state index in [1.165, 1.54) is 19.5 Å².